The molecular formula is C17H22BrIN4S. The minimum atomic E-state index is 0. The number of aliphatic imine (C=N–C) groups is 1. The summed E-state index contributed by atoms with van der Waals surface area (Å²) >= 11 is 5.22. The van der Waals surface area contributed by atoms with E-state index in [4.69, 9.17) is 0 Å². The molecular weight excluding hydrogens is 499 g/mol. The van der Waals surface area contributed by atoms with E-state index in [2.05, 4.69) is 67.7 Å². The van der Waals surface area contributed by atoms with Crippen molar-refractivity contribution in [1.82, 2.24) is 15.6 Å². The lowest BCUT2D eigenvalue weighted by Gasteiger charge is -2.11. The maximum absolute atomic E-state index is 4.46. The average molecular weight is 521 g/mol. The van der Waals surface area contributed by atoms with Crippen LogP contribution in [0.15, 0.2) is 33.7 Å². The van der Waals surface area contributed by atoms with E-state index in [1.807, 2.05) is 14.0 Å². The second kappa shape index (κ2) is 8.62. The summed E-state index contributed by atoms with van der Waals surface area (Å²) < 4.78 is 1.12. The number of rotatable bonds is 4. The predicted molar refractivity (Wildman–Crippen MR) is 116 cm³/mol. The number of guanidine groups is 1. The molecule has 0 saturated heterocycles. The standard InChI is InChI=1S/C17H21BrN4S.HI/c1-10-16(23-11(2)21-10)9-20-17(19-3)22-15-8-14(15)12-4-6-13(18)7-5-12;/h4-7,14-15H,8-9H2,1-3H3,(H2,19,20,22);1H. The molecule has 24 heavy (non-hydrogen) atoms. The Morgan fingerprint density at radius 3 is 2.62 bits per heavy atom. The van der Waals surface area contributed by atoms with Crippen molar-refractivity contribution >= 4 is 57.2 Å². The maximum Gasteiger partial charge on any atom is 0.191 e. The van der Waals surface area contributed by atoms with Crippen LogP contribution in [0.1, 0.15) is 33.5 Å². The number of nitrogens with zero attached hydrogens (tertiary/aromatic N) is 2. The smallest absolute Gasteiger partial charge is 0.191 e. The fraction of sp³-hybridized carbons (Fsp3) is 0.412. The zero-order valence-corrected chi connectivity index (χ0v) is 18.7. The van der Waals surface area contributed by atoms with E-state index in [-0.39, 0.29) is 24.0 Å². The van der Waals surface area contributed by atoms with Crippen LogP contribution in [0.4, 0.5) is 0 Å². The lowest BCUT2D eigenvalue weighted by molar-refractivity contribution is 0.792. The molecule has 1 fully saturated rings. The van der Waals surface area contributed by atoms with Gasteiger partial charge in [-0.2, -0.15) is 0 Å². The van der Waals surface area contributed by atoms with Crippen molar-refractivity contribution in [3.63, 3.8) is 0 Å². The fourth-order valence-corrected chi connectivity index (χ4v) is 3.85. The minimum Gasteiger partial charge on any atom is -0.353 e. The van der Waals surface area contributed by atoms with Crippen LogP contribution in [0.2, 0.25) is 0 Å². The Morgan fingerprint density at radius 1 is 1.33 bits per heavy atom. The second-order valence-corrected chi connectivity index (χ2v) is 8.02. The summed E-state index contributed by atoms with van der Waals surface area (Å²) in [5, 5.41) is 8.02. The normalized spacial score (nSPS) is 19.6. The Bertz CT molecular complexity index is 714. The van der Waals surface area contributed by atoms with Gasteiger partial charge in [0.2, 0.25) is 0 Å². The van der Waals surface area contributed by atoms with Crippen LogP contribution < -0.4 is 10.6 Å². The largest absolute Gasteiger partial charge is 0.353 e. The zero-order valence-electron chi connectivity index (χ0n) is 14.0. The third kappa shape index (κ3) is 4.92. The first-order valence-electron chi connectivity index (χ1n) is 7.72. The predicted octanol–water partition coefficient (Wildman–Crippen LogP) is 4.36. The van der Waals surface area contributed by atoms with Crippen molar-refractivity contribution in [2.24, 2.45) is 4.99 Å². The van der Waals surface area contributed by atoms with Gasteiger partial charge in [0.1, 0.15) is 0 Å². The molecule has 2 unspecified atom stereocenters. The Balaban J connectivity index is 0.00000208. The Labute approximate surface area is 172 Å². The molecule has 7 heteroatoms. The van der Waals surface area contributed by atoms with Gasteiger partial charge in [0.05, 0.1) is 17.2 Å². The summed E-state index contributed by atoms with van der Waals surface area (Å²) in [6.07, 6.45) is 1.15. The highest BCUT2D eigenvalue weighted by Crippen LogP contribution is 2.40. The Morgan fingerprint density at radius 2 is 2.04 bits per heavy atom. The summed E-state index contributed by atoms with van der Waals surface area (Å²) in [5.74, 6) is 1.44. The number of aromatic nitrogens is 1. The van der Waals surface area contributed by atoms with Gasteiger partial charge in [0.25, 0.3) is 0 Å². The van der Waals surface area contributed by atoms with E-state index in [0.29, 0.717) is 12.0 Å². The van der Waals surface area contributed by atoms with Crippen LogP contribution in [-0.2, 0) is 6.54 Å². The molecule has 0 spiro atoms. The highest BCUT2D eigenvalue weighted by Gasteiger charge is 2.38. The quantitative estimate of drug-likeness (QED) is 0.357. The van der Waals surface area contributed by atoms with Crippen LogP contribution in [-0.4, -0.2) is 24.0 Å². The van der Waals surface area contributed by atoms with Crippen molar-refractivity contribution in [3.8, 4) is 0 Å². The van der Waals surface area contributed by atoms with Crippen LogP contribution in [0.5, 0.6) is 0 Å². The van der Waals surface area contributed by atoms with Crippen molar-refractivity contribution in [1.29, 1.82) is 0 Å². The molecule has 1 heterocycles. The molecule has 2 N–H and O–H groups in total. The third-order valence-electron chi connectivity index (χ3n) is 4.05. The molecule has 2 atom stereocenters. The molecule has 4 nitrogen and oxygen atoms in total. The molecule has 1 aliphatic rings. The monoisotopic (exact) mass is 520 g/mol. The van der Waals surface area contributed by atoms with Gasteiger partial charge in [0, 0.05) is 28.4 Å². The number of nitrogens with one attached hydrogen (secondary N) is 2. The Hall–Kier alpha value is -0.670. The van der Waals surface area contributed by atoms with Crippen LogP contribution in [0.25, 0.3) is 0 Å². The maximum atomic E-state index is 4.46. The van der Waals surface area contributed by atoms with Crippen molar-refractivity contribution in [3.05, 3.63) is 49.9 Å². The molecule has 0 aliphatic heterocycles. The first-order chi connectivity index (χ1) is 11.1. The first kappa shape index (κ1) is 19.7. The van der Waals surface area contributed by atoms with Gasteiger partial charge in [-0.25, -0.2) is 4.98 Å². The number of benzene rings is 1. The van der Waals surface area contributed by atoms with Crippen LogP contribution in [0, 0.1) is 13.8 Å². The molecule has 1 aliphatic carbocycles. The summed E-state index contributed by atoms with van der Waals surface area (Å²) in [6.45, 7) is 4.87. The van der Waals surface area contributed by atoms with E-state index in [1.54, 1.807) is 11.3 Å². The van der Waals surface area contributed by atoms with E-state index in [0.717, 1.165) is 34.1 Å². The van der Waals surface area contributed by atoms with Crippen molar-refractivity contribution in [2.45, 2.75) is 38.8 Å². The molecule has 3 rings (SSSR count). The molecule has 1 aromatic heterocycles. The topological polar surface area (TPSA) is 49.3 Å². The highest BCUT2D eigenvalue weighted by molar-refractivity contribution is 14.0. The van der Waals surface area contributed by atoms with Gasteiger partial charge >= 0.3 is 0 Å². The van der Waals surface area contributed by atoms with Crippen molar-refractivity contribution < 1.29 is 0 Å². The number of halogens is 2. The molecule has 0 radical (unpaired) electrons. The first-order valence-corrected chi connectivity index (χ1v) is 9.33. The molecule has 2 aromatic rings. The summed E-state index contributed by atoms with van der Waals surface area (Å²) in [6, 6.07) is 9.05. The van der Waals surface area contributed by atoms with E-state index in [1.165, 1.54) is 10.4 Å². The SMILES string of the molecule is CN=C(NCc1sc(C)nc1C)NC1CC1c1ccc(Br)cc1.I. The van der Waals surface area contributed by atoms with Gasteiger partial charge in [-0.3, -0.25) is 4.99 Å². The van der Waals surface area contributed by atoms with E-state index < -0.39 is 0 Å². The molecule has 130 valence electrons. The lowest BCUT2D eigenvalue weighted by Crippen LogP contribution is -2.38. The summed E-state index contributed by atoms with van der Waals surface area (Å²) in [7, 11) is 1.82. The van der Waals surface area contributed by atoms with Gasteiger partial charge in [-0.1, -0.05) is 28.1 Å². The number of hydrogen-bond acceptors (Lipinski definition) is 3. The van der Waals surface area contributed by atoms with Gasteiger partial charge < -0.3 is 10.6 Å². The van der Waals surface area contributed by atoms with E-state index >= 15 is 0 Å². The summed E-state index contributed by atoms with van der Waals surface area (Å²) in [4.78, 5) is 10.1. The second-order valence-electron chi connectivity index (χ2n) is 5.81. The summed E-state index contributed by atoms with van der Waals surface area (Å²) in [5.41, 5.74) is 2.49. The van der Waals surface area contributed by atoms with Gasteiger partial charge in [0.15, 0.2) is 5.96 Å². The minimum absolute atomic E-state index is 0. The fourth-order valence-electron chi connectivity index (χ4n) is 2.70. The van der Waals surface area contributed by atoms with Gasteiger partial charge in [-0.05, 0) is 38.0 Å². The number of aryl methyl sites for hydroxylation is 2. The molecule has 0 amide bonds. The van der Waals surface area contributed by atoms with E-state index in [9.17, 15) is 0 Å². The number of thiazole rings is 1. The molecule has 0 bridgehead atoms. The zero-order chi connectivity index (χ0) is 16.4. The van der Waals surface area contributed by atoms with Crippen LogP contribution >= 0.6 is 51.2 Å². The highest BCUT2D eigenvalue weighted by atomic mass is 127. The average Bonchev–Trinajstić information content (AvgIpc) is 3.21. The molecule has 1 aromatic carbocycles. The molecule has 1 saturated carbocycles. The Kier molecular flexibility index (Phi) is 7.06. The van der Waals surface area contributed by atoms with Crippen molar-refractivity contribution in [2.75, 3.05) is 7.05 Å². The third-order valence-corrected chi connectivity index (χ3v) is 5.65. The van der Waals surface area contributed by atoms with Gasteiger partial charge in [-0.15, -0.1) is 35.3 Å². The van der Waals surface area contributed by atoms with Crippen LogP contribution in [0.3, 0.4) is 0 Å². The lowest BCUT2D eigenvalue weighted by atomic mass is 10.1. The number of hydrogen-bond donors (Lipinski definition) is 2.